The minimum absolute atomic E-state index is 0.236. The Morgan fingerprint density at radius 2 is 2.17 bits per heavy atom. The zero-order chi connectivity index (χ0) is 12.8. The summed E-state index contributed by atoms with van der Waals surface area (Å²) in [5.41, 5.74) is 2.39. The number of cyclic esters (lactones) is 1. The monoisotopic (exact) mass is 245 g/mol. The van der Waals surface area contributed by atoms with Crippen molar-refractivity contribution in [2.45, 2.75) is 26.2 Å². The van der Waals surface area contributed by atoms with E-state index in [-0.39, 0.29) is 6.09 Å². The predicted molar refractivity (Wildman–Crippen MR) is 72.0 cm³/mol. The summed E-state index contributed by atoms with van der Waals surface area (Å²) in [6.45, 7) is 3.32. The van der Waals surface area contributed by atoms with Gasteiger partial charge in [0.25, 0.3) is 0 Å². The molecule has 0 atom stereocenters. The van der Waals surface area contributed by atoms with Gasteiger partial charge in [0.1, 0.15) is 6.61 Å². The van der Waals surface area contributed by atoms with E-state index in [1.807, 2.05) is 24.4 Å². The number of amides is 1. The van der Waals surface area contributed by atoms with Crippen molar-refractivity contribution in [1.82, 2.24) is 4.90 Å². The van der Waals surface area contributed by atoms with E-state index >= 15 is 0 Å². The lowest BCUT2D eigenvalue weighted by atomic mass is 10.0. The lowest BCUT2D eigenvalue weighted by molar-refractivity contribution is 0.166. The van der Waals surface area contributed by atoms with E-state index in [0.29, 0.717) is 13.2 Å². The maximum atomic E-state index is 11.5. The number of hydrogen-bond donors (Lipinski definition) is 0. The number of carbonyl (C=O) groups excluding carboxylic acids is 1. The van der Waals surface area contributed by atoms with E-state index in [1.165, 1.54) is 11.1 Å². The van der Waals surface area contributed by atoms with Gasteiger partial charge in [-0.25, -0.2) is 4.79 Å². The normalized spacial score (nSPS) is 15.9. The van der Waals surface area contributed by atoms with Crippen LogP contribution in [0.5, 0.6) is 0 Å². The number of allylic oxidation sites excluding steroid dienone is 1. The number of ether oxygens (including phenoxy) is 1. The first-order valence-electron chi connectivity index (χ1n) is 6.50. The first kappa shape index (κ1) is 12.7. The van der Waals surface area contributed by atoms with E-state index < -0.39 is 0 Å². The average Bonchev–Trinajstić information content (AvgIpc) is 2.81. The third-order valence-electron chi connectivity index (χ3n) is 3.05. The molecule has 0 radical (unpaired) electrons. The Kier molecular flexibility index (Phi) is 4.40. The van der Waals surface area contributed by atoms with Crippen LogP contribution in [0.25, 0.3) is 5.57 Å². The quantitative estimate of drug-likeness (QED) is 0.792. The van der Waals surface area contributed by atoms with Crippen LogP contribution in [-0.2, 0) is 4.74 Å². The second kappa shape index (κ2) is 6.24. The summed E-state index contributed by atoms with van der Waals surface area (Å²) in [7, 11) is 0. The van der Waals surface area contributed by atoms with Crippen molar-refractivity contribution in [3.63, 3.8) is 0 Å². The average molecular weight is 245 g/mol. The van der Waals surface area contributed by atoms with Gasteiger partial charge in [0.2, 0.25) is 0 Å². The highest BCUT2D eigenvalue weighted by molar-refractivity contribution is 5.74. The fourth-order valence-corrected chi connectivity index (χ4v) is 2.01. The molecule has 0 bridgehead atoms. The van der Waals surface area contributed by atoms with Gasteiger partial charge in [-0.2, -0.15) is 0 Å². The molecular formula is C15H19NO2. The molecule has 0 saturated carbocycles. The van der Waals surface area contributed by atoms with Gasteiger partial charge in [-0.1, -0.05) is 43.7 Å². The summed E-state index contributed by atoms with van der Waals surface area (Å²) in [5.74, 6) is 0. The Labute approximate surface area is 108 Å². The van der Waals surface area contributed by atoms with Crippen molar-refractivity contribution in [3.8, 4) is 0 Å². The van der Waals surface area contributed by atoms with E-state index in [1.54, 1.807) is 4.90 Å². The molecule has 1 fully saturated rings. The largest absolute Gasteiger partial charge is 0.447 e. The lowest BCUT2D eigenvalue weighted by Crippen LogP contribution is -2.17. The highest BCUT2D eigenvalue weighted by Crippen LogP contribution is 2.22. The summed E-state index contributed by atoms with van der Waals surface area (Å²) in [4.78, 5) is 13.1. The first-order chi connectivity index (χ1) is 8.81. The number of benzene rings is 1. The Morgan fingerprint density at radius 3 is 2.78 bits per heavy atom. The summed E-state index contributed by atoms with van der Waals surface area (Å²) < 4.78 is 4.95. The predicted octanol–water partition coefficient (Wildman–Crippen LogP) is 3.67. The van der Waals surface area contributed by atoms with Gasteiger partial charge < -0.3 is 4.74 Å². The van der Waals surface area contributed by atoms with Crippen LogP contribution >= 0.6 is 0 Å². The number of hydrogen-bond acceptors (Lipinski definition) is 2. The highest BCUT2D eigenvalue weighted by atomic mass is 16.6. The molecule has 1 aromatic rings. The first-order valence-corrected chi connectivity index (χ1v) is 6.50. The van der Waals surface area contributed by atoms with Crippen LogP contribution in [0, 0.1) is 0 Å². The van der Waals surface area contributed by atoms with Crippen LogP contribution in [0.2, 0.25) is 0 Å². The second-order valence-corrected chi connectivity index (χ2v) is 4.43. The second-order valence-electron chi connectivity index (χ2n) is 4.43. The standard InChI is InChI=1S/C15H19NO2/c1-2-3-7-14(13-8-5-4-6-9-13)12-16-10-11-18-15(16)17/h4-6,8-9,12H,2-3,7,10-11H2,1H3/b14-12-. The third kappa shape index (κ3) is 3.13. The van der Waals surface area contributed by atoms with Crippen molar-refractivity contribution in [2.24, 2.45) is 0 Å². The van der Waals surface area contributed by atoms with Crippen LogP contribution in [0.1, 0.15) is 31.7 Å². The van der Waals surface area contributed by atoms with Crippen LogP contribution in [0.3, 0.4) is 0 Å². The smallest absolute Gasteiger partial charge is 0.413 e. The minimum atomic E-state index is -0.236. The Hall–Kier alpha value is -1.77. The topological polar surface area (TPSA) is 29.5 Å². The molecule has 2 rings (SSSR count). The van der Waals surface area contributed by atoms with Crippen LogP contribution in [0.4, 0.5) is 4.79 Å². The van der Waals surface area contributed by atoms with Crippen LogP contribution in [-0.4, -0.2) is 24.1 Å². The number of unbranched alkanes of at least 4 members (excludes halogenated alkanes) is 1. The summed E-state index contributed by atoms with van der Waals surface area (Å²) >= 11 is 0. The fourth-order valence-electron chi connectivity index (χ4n) is 2.01. The van der Waals surface area contributed by atoms with Crippen LogP contribution in [0.15, 0.2) is 36.5 Å². The molecule has 3 nitrogen and oxygen atoms in total. The molecule has 1 aliphatic rings. The number of nitrogens with zero attached hydrogens (tertiary/aromatic N) is 1. The minimum Gasteiger partial charge on any atom is -0.447 e. The van der Waals surface area contributed by atoms with Crippen molar-refractivity contribution in [1.29, 1.82) is 0 Å². The van der Waals surface area contributed by atoms with Crippen LogP contribution < -0.4 is 0 Å². The summed E-state index contributed by atoms with van der Waals surface area (Å²) in [6.07, 6.45) is 4.97. The van der Waals surface area contributed by atoms with Gasteiger partial charge in [0, 0.05) is 6.20 Å². The Balaban J connectivity index is 2.19. The van der Waals surface area contributed by atoms with Gasteiger partial charge in [-0.15, -0.1) is 0 Å². The molecule has 0 N–H and O–H groups in total. The molecule has 1 saturated heterocycles. The molecule has 0 spiro atoms. The van der Waals surface area contributed by atoms with Gasteiger partial charge in [-0.3, -0.25) is 4.90 Å². The van der Waals surface area contributed by atoms with Crippen molar-refractivity contribution < 1.29 is 9.53 Å². The molecule has 0 aromatic heterocycles. The van der Waals surface area contributed by atoms with Gasteiger partial charge in [-0.05, 0) is 24.0 Å². The lowest BCUT2D eigenvalue weighted by Gasteiger charge is -2.12. The third-order valence-corrected chi connectivity index (χ3v) is 3.05. The molecule has 18 heavy (non-hydrogen) atoms. The Bertz CT molecular complexity index is 425. The van der Waals surface area contributed by atoms with E-state index in [4.69, 9.17) is 4.74 Å². The van der Waals surface area contributed by atoms with Crippen molar-refractivity contribution in [3.05, 3.63) is 42.1 Å². The molecule has 0 aliphatic carbocycles. The zero-order valence-electron chi connectivity index (χ0n) is 10.8. The van der Waals surface area contributed by atoms with E-state index in [9.17, 15) is 4.79 Å². The fraction of sp³-hybridized carbons (Fsp3) is 0.400. The zero-order valence-corrected chi connectivity index (χ0v) is 10.8. The molecular weight excluding hydrogens is 226 g/mol. The SMILES string of the molecule is CCCC/C(=C/N1CCOC1=O)c1ccccc1. The van der Waals surface area contributed by atoms with E-state index in [2.05, 4.69) is 19.1 Å². The maximum Gasteiger partial charge on any atom is 0.413 e. The van der Waals surface area contributed by atoms with Gasteiger partial charge in [0.05, 0.1) is 6.54 Å². The summed E-state index contributed by atoms with van der Waals surface area (Å²) in [5, 5.41) is 0. The Morgan fingerprint density at radius 1 is 1.39 bits per heavy atom. The van der Waals surface area contributed by atoms with Crippen molar-refractivity contribution >= 4 is 11.7 Å². The summed E-state index contributed by atoms with van der Waals surface area (Å²) in [6, 6.07) is 10.2. The molecule has 1 amide bonds. The van der Waals surface area contributed by atoms with Crippen molar-refractivity contribution in [2.75, 3.05) is 13.2 Å². The molecule has 96 valence electrons. The highest BCUT2D eigenvalue weighted by Gasteiger charge is 2.20. The maximum absolute atomic E-state index is 11.5. The molecule has 1 aliphatic heterocycles. The number of rotatable bonds is 5. The molecule has 1 aromatic carbocycles. The molecule has 0 unspecified atom stereocenters. The molecule has 1 heterocycles. The number of carbonyl (C=O) groups is 1. The van der Waals surface area contributed by atoms with E-state index in [0.717, 1.165) is 19.3 Å². The molecule has 3 heteroatoms. The van der Waals surface area contributed by atoms with Gasteiger partial charge >= 0.3 is 6.09 Å². The van der Waals surface area contributed by atoms with Gasteiger partial charge in [0.15, 0.2) is 0 Å².